The van der Waals surface area contributed by atoms with Crippen molar-refractivity contribution < 1.29 is 9.47 Å². The fraction of sp³-hybridized carbons (Fsp3) is 0.625. The fourth-order valence-electron chi connectivity index (χ4n) is 2.60. The average Bonchev–Trinajstić information content (AvgIpc) is 2.46. The minimum Gasteiger partial charge on any atom is -0.497 e. The van der Waals surface area contributed by atoms with Crippen LogP contribution in [0.5, 0.6) is 5.75 Å². The van der Waals surface area contributed by atoms with Crippen molar-refractivity contribution >= 4 is 0 Å². The topological polar surface area (TPSA) is 44.5 Å². The van der Waals surface area contributed by atoms with Crippen LogP contribution in [0.1, 0.15) is 44.2 Å². The molecule has 1 aromatic rings. The van der Waals surface area contributed by atoms with Gasteiger partial charge in [-0.2, -0.15) is 0 Å². The van der Waals surface area contributed by atoms with Gasteiger partial charge < -0.3 is 15.2 Å². The number of hydrogen-bond acceptors (Lipinski definition) is 3. The molecule has 1 aliphatic carbocycles. The zero-order valence-electron chi connectivity index (χ0n) is 12.0. The molecule has 1 aromatic carbocycles. The Balaban J connectivity index is 1.81. The maximum Gasteiger partial charge on any atom is 0.119 e. The molecule has 0 bridgehead atoms. The lowest BCUT2D eigenvalue weighted by molar-refractivity contribution is 0.0125. The van der Waals surface area contributed by atoms with Crippen LogP contribution >= 0.6 is 0 Å². The van der Waals surface area contributed by atoms with Crippen LogP contribution in [-0.4, -0.2) is 19.8 Å². The van der Waals surface area contributed by atoms with Crippen molar-refractivity contribution in [2.24, 2.45) is 11.7 Å². The number of nitrogens with two attached hydrogens (primary N) is 1. The first-order chi connectivity index (χ1) is 9.19. The highest BCUT2D eigenvalue weighted by atomic mass is 16.5. The summed E-state index contributed by atoms with van der Waals surface area (Å²) in [4.78, 5) is 0. The summed E-state index contributed by atoms with van der Waals surface area (Å²) in [5.41, 5.74) is 7.26. The summed E-state index contributed by atoms with van der Waals surface area (Å²) in [7, 11) is 1.67. The van der Waals surface area contributed by atoms with Crippen LogP contribution in [0.15, 0.2) is 24.3 Å². The second kappa shape index (κ2) is 6.92. The smallest absolute Gasteiger partial charge is 0.119 e. The molecule has 0 heterocycles. The molecule has 1 saturated carbocycles. The maximum atomic E-state index is 6.18. The van der Waals surface area contributed by atoms with Gasteiger partial charge in [-0.05, 0) is 49.3 Å². The summed E-state index contributed by atoms with van der Waals surface area (Å²) in [5.74, 6) is 1.70. The van der Waals surface area contributed by atoms with Gasteiger partial charge in [0, 0.05) is 0 Å². The largest absolute Gasteiger partial charge is 0.497 e. The molecule has 1 aliphatic rings. The van der Waals surface area contributed by atoms with E-state index < -0.39 is 0 Å². The molecule has 2 N–H and O–H groups in total. The van der Waals surface area contributed by atoms with E-state index in [0.717, 1.165) is 17.2 Å². The van der Waals surface area contributed by atoms with Crippen molar-refractivity contribution in [1.29, 1.82) is 0 Å². The molecule has 0 amide bonds. The van der Waals surface area contributed by atoms with Crippen LogP contribution in [0.2, 0.25) is 0 Å². The number of methoxy groups -OCH3 is 1. The lowest BCUT2D eigenvalue weighted by Gasteiger charge is -2.27. The molecular formula is C16H25NO2. The quantitative estimate of drug-likeness (QED) is 0.886. The van der Waals surface area contributed by atoms with Gasteiger partial charge in [-0.15, -0.1) is 0 Å². The lowest BCUT2D eigenvalue weighted by atomic mass is 9.89. The molecular weight excluding hydrogens is 238 g/mol. The molecule has 19 heavy (non-hydrogen) atoms. The van der Waals surface area contributed by atoms with E-state index in [-0.39, 0.29) is 6.04 Å². The molecule has 3 heteroatoms. The molecule has 1 unspecified atom stereocenters. The highest BCUT2D eigenvalue weighted by Gasteiger charge is 2.19. The van der Waals surface area contributed by atoms with E-state index in [1.54, 1.807) is 7.11 Å². The number of hydrogen-bond donors (Lipinski definition) is 1. The number of benzene rings is 1. The first kappa shape index (κ1) is 14.4. The predicted octanol–water partition coefficient (Wildman–Crippen LogP) is 3.29. The summed E-state index contributed by atoms with van der Waals surface area (Å²) < 4.78 is 11.2. The standard InChI is InChI=1S/C16H25NO2/c1-12-6-8-14(9-7-12)19-11-16(17)13-4-3-5-15(10-13)18-2/h3-5,10,12,14,16H,6-9,11,17H2,1-2H3. The van der Waals surface area contributed by atoms with Gasteiger partial charge in [0.05, 0.1) is 25.9 Å². The predicted molar refractivity (Wildman–Crippen MR) is 77.3 cm³/mol. The summed E-state index contributed by atoms with van der Waals surface area (Å²) in [5, 5.41) is 0. The van der Waals surface area contributed by atoms with E-state index in [9.17, 15) is 0 Å². The van der Waals surface area contributed by atoms with E-state index in [1.165, 1.54) is 25.7 Å². The third-order valence-corrected chi connectivity index (χ3v) is 4.00. The SMILES string of the molecule is COc1cccc(C(N)COC2CCC(C)CC2)c1. The number of rotatable bonds is 5. The van der Waals surface area contributed by atoms with Crippen LogP contribution < -0.4 is 10.5 Å². The van der Waals surface area contributed by atoms with Gasteiger partial charge >= 0.3 is 0 Å². The minimum absolute atomic E-state index is 0.0746. The van der Waals surface area contributed by atoms with Crippen molar-refractivity contribution in [1.82, 2.24) is 0 Å². The van der Waals surface area contributed by atoms with Gasteiger partial charge in [-0.1, -0.05) is 19.1 Å². The fourth-order valence-corrected chi connectivity index (χ4v) is 2.60. The van der Waals surface area contributed by atoms with Gasteiger partial charge in [-0.3, -0.25) is 0 Å². The minimum atomic E-state index is -0.0746. The van der Waals surface area contributed by atoms with Gasteiger partial charge in [-0.25, -0.2) is 0 Å². The molecule has 3 nitrogen and oxygen atoms in total. The highest BCUT2D eigenvalue weighted by Crippen LogP contribution is 2.26. The Bertz CT molecular complexity index is 386. The van der Waals surface area contributed by atoms with E-state index >= 15 is 0 Å². The molecule has 0 aliphatic heterocycles. The third-order valence-electron chi connectivity index (χ3n) is 4.00. The van der Waals surface area contributed by atoms with Crippen molar-refractivity contribution in [2.45, 2.75) is 44.8 Å². The molecule has 0 saturated heterocycles. The first-order valence-corrected chi connectivity index (χ1v) is 7.20. The molecule has 0 radical (unpaired) electrons. The lowest BCUT2D eigenvalue weighted by Crippen LogP contribution is -2.25. The summed E-state index contributed by atoms with van der Waals surface area (Å²) in [6.45, 7) is 2.91. The highest BCUT2D eigenvalue weighted by molar-refractivity contribution is 5.30. The van der Waals surface area contributed by atoms with Gasteiger partial charge in [0.25, 0.3) is 0 Å². The van der Waals surface area contributed by atoms with Crippen LogP contribution in [-0.2, 0) is 4.74 Å². The Morgan fingerprint density at radius 2 is 2.00 bits per heavy atom. The van der Waals surface area contributed by atoms with Gasteiger partial charge in [0.1, 0.15) is 5.75 Å². The zero-order chi connectivity index (χ0) is 13.7. The summed E-state index contributed by atoms with van der Waals surface area (Å²) in [6, 6.07) is 7.83. The number of ether oxygens (including phenoxy) is 2. The van der Waals surface area contributed by atoms with Crippen molar-refractivity contribution in [3.05, 3.63) is 29.8 Å². The van der Waals surface area contributed by atoms with E-state index in [4.69, 9.17) is 15.2 Å². The molecule has 1 atom stereocenters. The van der Waals surface area contributed by atoms with E-state index in [0.29, 0.717) is 12.7 Å². The second-order valence-electron chi connectivity index (χ2n) is 5.60. The van der Waals surface area contributed by atoms with Gasteiger partial charge in [0.2, 0.25) is 0 Å². The molecule has 2 rings (SSSR count). The van der Waals surface area contributed by atoms with E-state index in [1.807, 2.05) is 24.3 Å². The second-order valence-corrected chi connectivity index (χ2v) is 5.60. The molecule has 106 valence electrons. The van der Waals surface area contributed by atoms with Crippen molar-refractivity contribution in [2.75, 3.05) is 13.7 Å². The third kappa shape index (κ3) is 4.22. The molecule has 1 fully saturated rings. The Morgan fingerprint density at radius 1 is 1.26 bits per heavy atom. The Kier molecular flexibility index (Phi) is 5.23. The van der Waals surface area contributed by atoms with Gasteiger partial charge in [0.15, 0.2) is 0 Å². The van der Waals surface area contributed by atoms with Crippen molar-refractivity contribution in [3.8, 4) is 5.75 Å². The summed E-state index contributed by atoms with van der Waals surface area (Å²) >= 11 is 0. The zero-order valence-corrected chi connectivity index (χ0v) is 12.0. The van der Waals surface area contributed by atoms with Crippen molar-refractivity contribution in [3.63, 3.8) is 0 Å². The Hall–Kier alpha value is -1.06. The first-order valence-electron chi connectivity index (χ1n) is 7.20. The molecule has 0 spiro atoms. The summed E-state index contributed by atoms with van der Waals surface area (Å²) in [6.07, 6.45) is 5.30. The Labute approximate surface area is 116 Å². The normalized spacial score (nSPS) is 25.0. The monoisotopic (exact) mass is 263 g/mol. The molecule has 0 aromatic heterocycles. The Morgan fingerprint density at radius 3 is 2.68 bits per heavy atom. The van der Waals surface area contributed by atoms with Crippen LogP contribution in [0.25, 0.3) is 0 Å². The van der Waals surface area contributed by atoms with Crippen LogP contribution in [0.3, 0.4) is 0 Å². The van der Waals surface area contributed by atoms with Crippen LogP contribution in [0.4, 0.5) is 0 Å². The van der Waals surface area contributed by atoms with E-state index in [2.05, 4.69) is 6.92 Å². The van der Waals surface area contributed by atoms with Crippen LogP contribution in [0, 0.1) is 5.92 Å². The maximum absolute atomic E-state index is 6.18. The average molecular weight is 263 g/mol.